The van der Waals surface area contributed by atoms with E-state index in [1.807, 2.05) is 29.2 Å². The van der Waals surface area contributed by atoms with Crippen molar-refractivity contribution in [1.82, 2.24) is 14.9 Å². The summed E-state index contributed by atoms with van der Waals surface area (Å²) in [5.41, 5.74) is 1.17. The van der Waals surface area contributed by atoms with Crippen LogP contribution in [0, 0.1) is 5.41 Å². The molecule has 1 aromatic heterocycles. The number of aromatic nitrogens is 2. The maximum Gasteiger partial charge on any atom is 0.225 e. The summed E-state index contributed by atoms with van der Waals surface area (Å²) in [6, 6.07) is 7.94. The molecular formula is C21H26N4O3. The van der Waals surface area contributed by atoms with Crippen LogP contribution in [0.4, 0.5) is 5.95 Å². The van der Waals surface area contributed by atoms with E-state index in [0.717, 1.165) is 49.7 Å². The number of ether oxygens (including phenoxy) is 2. The first-order chi connectivity index (χ1) is 13.6. The SMILES string of the molecule is COc1cnc(N2CCC3(CC2)CC(=O)N(Cc2cccc(OC)c2)C3)nc1. The number of benzene rings is 1. The number of likely N-dealkylation sites (tertiary alicyclic amines) is 1. The molecule has 7 heteroatoms. The maximum absolute atomic E-state index is 12.7. The second kappa shape index (κ2) is 7.66. The van der Waals surface area contributed by atoms with E-state index in [0.29, 0.717) is 18.7 Å². The fourth-order valence-corrected chi connectivity index (χ4v) is 4.21. The fourth-order valence-electron chi connectivity index (χ4n) is 4.21. The normalized spacial score (nSPS) is 18.6. The lowest BCUT2D eigenvalue weighted by atomic mass is 9.77. The lowest BCUT2D eigenvalue weighted by Crippen LogP contribution is -2.42. The number of nitrogens with zero attached hydrogens (tertiary/aromatic N) is 4. The van der Waals surface area contributed by atoms with E-state index in [9.17, 15) is 4.79 Å². The number of methoxy groups -OCH3 is 2. The lowest BCUT2D eigenvalue weighted by molar-refractivity contribution is -0.128. The Balaban J connectivity index is 1.38. The number of amides is 1. The van der Waals surface area contributed by atoms with Gasteiger partial charge in [-0.15, -0.1) is 0 Å². The van der Waals surface area contributed by atoms with Crippen LogP contribution in [0.5, 0.6) is 11.5 Å². The minimum absolute atomic E-state index is 0.0684. The third-order valence-corrected chi connectivity index (χ3v) is 5.87. The minimum Gasteiger partial charge on any atom is -0.497 e. The Kier molecular flexibility index (Phi) is 5.07. The fraction of sp³-hybridized carbons (Fsp3) is 0.476. The average molecular weight is 382 g/mol. The third-order valence-electron chi connectivity index (χ3n) is 5.87. The molecule has 0 N–H and O–H groups in total. The highest BCUT2D eigenvalue weighted by molar-refractivity contribution is 5.79. The number of anilines is 1. The van der Waals surface area contributed by atoms with Crippen molar-refractivity contribution >= 4 is 11.9 Å². The van der Waals surface area contributed by atoms with Crippen molar-refractivity contribution in [2.45, 2.75) is 25.8 Å². The van der Waals surface area contributed by atoms with Gasteiger partial charge in [0, 0.05) is 38.0 Å². The molecule has 7 nitrogen and oxygen atoms in total. The van der Waals surface area contributed by atoms with Crippen LogP contribution < -0.4 is 14.4 Å². The van der Waals surface area contributed by atoms with Gasteiger partial charge in [-0.3, -0.25) is 4.79 Å². The van der Waals surface area contributed by atoms with Crippen molar-refractivity contribution in [3.63, 3.8) is 0 Å². The first-order valence-corrected chi connectivity index (χ1v) is 9.62. The van der Waals surface area contributed by atoms with Gasteiger partial charge in [0.25, 0.3) is 0 Å². The van der Waals surface area contributed by atoms with Crippen molar-refractivity contribution in [3.8, 4) is 11.5 Å². The number of rotatable bonds is 5. The van der Waals surface area contributed by atoms with E-state index in [2.05, 4.69) is 14.9 Å². The highest BCUT2D eigenvalue weighted by atomic mass is 16.5. The summed E-state index contributed by atoms with van der Waals surface area (Å²) in [6.45, 7) is 3.20. The Morgan fingerprint density at radius 2 is 1.79 bits per heavy atom. The van der Waals surface area contributed by atoms with Gasteiger partial charge in [0.15, 0.2) is 5.75 Å². The van der Waals surface area contributed by atoms with Crippen molar-refractivity contribution in [1.29, 1.82) is 0 Å². The summed E-state index contributed by atoms with van der Waals surface area (Å²) < 4.78 is 10.4. The number of piperidine rings is 1. The molecule has 4 rings (SSSR count). The molecule has 0 unspecified atom stereocenters. The third kappa shape index (κ3) is 3.74. The first kappa shape index (κ1) is 18.5. The van der Waals surface area contributed by atoms with E-state index in [-0.39, 0.29) is 11.3 Å². The van der Waals surface area contributed by atoms with Gasteiger partial charge < -0.3 is 19.3 Å². The topological polar surface area (TPSA) is 67.8 Å². The monoisotopic (exact) mass is 382 g/mol. The van der Waals surface area contributed by atoms with Crippen LogP contribution in [0.25, 0.3) is 0 Å². The number of hydrogen-bond donors (Lipinski definition) is 0. The molecule has 1 aromatic carbocycles. The van der Waals surface area contributed by atoms with Crippen LogP contribution >= 0.6 is 0 Å². The van der Waals surface area contributed by atoms with Gasteiger partial charge in [0.1, 0.15) is 5.75 Å². The largest absolute Gasteiger partial charge is 0.497 e. The van der Waals surface area contributed by atoms with E-state index in [4.69, 9.17) is 9.47 Å². The van der Waals surface area contributed by atoms with Crippen LogP contribution in [-0.4, -0.2) is 54.6 Å². The van der Waals surface area contributed by atoms with Crippen LogP contribution in [0.1, 0.15) is 24.8 Å². The summed E-state index contributed by atoms with van der Waals surface area (Å²) in [6.07, 6.45) is 5.98. The minimum atomic E-state index is 0.0684. The van der Waals surface area contributed by atoms with Gasteiger partial charge in [0.2, 0.25) is 11.9 Å². The molecule has 148 valence electrons. The van der Waals surface area contributed by atoms with Crippen LogP contribution in [0.3, 0.4) is 0 Å². The second-order valence-electron chi connectivity index (χ2n) is 7.69. The molecular weight excluding hydrogens is 356 g/mol. The Labute approximate surface area is 165 Å². The van der Waals surface area contributed by atoms with Gasteiger partial charge in [-0.05, 0) is 30.5 Å². The molecule has 0 bridgehead atoms. The quantitative estimate of drug-likeness (QED) is 0.792. The van der Waals surface area contributed by atoms with Gasteiger partial charge in [-0.2, -0.15) is 0 Å². The standard InChI is InChI=1S/C21H26N4O3/c1-27-17-5-3-4-16(10-17)14-25-15-21(11-19(25)26)6-8-24(9-7-21)20-22-12-18(28-2)13-23-20/h3-5,10,12-13H,6-9,11,14-15H2,1-2H3. The van der Waals surface area contributed by atoms with Gasteiger partial charge >= 0.3 is 0 Å². The molecule has 2 aliphatic heterocycles. The number of hydrogen-bond acceptors (Lipinski definition) is 6. The van der Waals surface area contributed by atoms with E-state index in [1.165, 1.54) is 0 Å². The molecule has 3 heterocycles. The van der Waals surface area contributed by atoms with E-state index >= 15 is 0 Å². The summed E-state index contributed by atoms with van der Waals surface area (Å²) in [5, 5.41) is 0. The van der Waals surface area contributed by atoms with Gasteiger partial charge in [-0.1, -0.05) is 12.1 Å². The Bertz CT molecular complexity index is 832. The predicted molar refractivity (Wildman–Crippen MR) is 105 cm³/mol. The Morgan fingerprint density at radius 3 is 2.46 bits per heavy atom. The van der Waals surface area contributed by atoms with Gasteiger partial charge in [-0.25, -0.2) is 9.97 Å². The molecule has 1 amide bonds. The molecule has 2 fully saturated rings. The average Bonchev–Trinajstić information content (AvgIpc) is 3.03. The molecule has 0 aliphatic carbocycles. The lowest BCUT2D eigenvalue weighted by Gasteiger charge is -2.38. The summed E-state index contributed by atoms with van der Waals surface area (Å²) in [5.74, 6) is 2.46. The number of carbonyl (C=O) groups is 1. The molecule has 0 atom stereocenters. The smallest absolute Gasteiger partial charge is 0.225 e. The predicted octanol–water partition coefficient (Wildman–Crippen LogP) is 2.51. The van der Waals surface area contributed by atoms with Crippen molar-refractivity contribution in [3.05, 3.63) is 42.2 Å². The van der Waals surface area contributed by atoms with Gasteiger partial charge in [0.05, 0.1) is 26.6 Å². The summed E-state index contributed by atoms with van der Waals surface area (Å²) >= 11 is 0. The molecule has 0 saturated carbocycles. The zero-order valence-electron chi connectivity index (χ0n) is 16.4. The maximum atomic E-state index is 12.7. The molecule has 28 heavy (non-hydrogen) atoms. The first-order valence-electron chi connectivity index (χ1n) is 9.62. The molecule has 0 radical (unpaired) electrons. The zero-order valence-corrected chi connectivity index (χ0v) is 16.4. The Hall–Kier alpha value is -2.83. The summed E-state index contributed by atoms with van der Waals surface area (Å²) in [4.78, 5) is 25.6. The molecule has 1 spiro atoms. The van der Waals surface area contributed by atoms with Crippen molar-refractivity contribution in [2.75, 3.05) is 38.8 Å². The second-order valence-corrected chi connectivity index (χ2v) is 7.69. The molecule has 2 saturated heterocycles. The molecule has 2 aliphatic rings. The van der Waals surface area contributed by atoms with Crippen molar-refractivity contribution < 1.29 is 14.3 Å². The summed E-state index contributed by atoms with van der Waals surface area (Å²) in [7, 11) is 3.27. The van der Waals surface area contributed by atoms with Crippen LogP contribution in [0.15, 0.2) is 36.7 Å². The molecule has 2 aromatic rings. The highest BCUT2D eigenvalue weighted by Gasteiger charge is 2.45. The van der Waals surface area contributed by atoms with Crippen LogP contribution in [-0.2, 0) is 11.3 Å². The van der Waals surface area contributed by atoms with E-state index in [1.54, 1.807) is 26.6 Å². The van der Waals surface area contributed by atoms with Crippen molar-refractivity contribution in [2.24, 2.45) is 5.41 Å². The Morgan fingerprint density at radius 1 is 1.07 bits per heavy atom. The van der Waals surface area contributed by atoms with E-state index < -0.39 is 0 Å². The number of carbonyl (C=O) groups excluding carboxylic acids is 1. The zero-order chi connectivity index (χ0) is 19.6. The van der Waals surface area contributed by atoms with Crippen LogP contribution in [0.2, 0.25) is 0 Å². The highest BCUT2D eigenvalue weighted by Crippen LogP contribution is 2.42.